The van der Waals surface area contributed by atoms with Gasteiger partial charge in [0.15, 0.2) is 23.5 Å². The number of benzene rings is 3. The maximum atomic E-state index is 5.08. The molecule has 0 fully saturated rings. The number of oxazole rings is 1. The zero-order valence-electron chi connectivity index (χ0n) is 14.4. The fraction of sp³-hybridized carbons (Fsp3) is 0.0476. The van der Waals surface area contributed by atoms with Gasteiger partial charge in [0.05, 0.1) is 11.7 Å². The van der Waals surface area contributed by atoms with E-state index in [4.69, 9.17) is 13.9 Å². The van der Waals surface area contributed by atoms with Crippen LogP contribution in [0, 0.1) is 0 Å². The second kappa shape index (κ2) is 8.05. The summed E-state index contributed by atoms with van der Waals surface area (Å²) in [5, 5.41) is 7.91. The van der Waals surface area contributed by atoms with Crippen LogP contribution in [-0.2, 0) is 0 Å². The molecule has 6 rings (SSSR count). The zero-order chi connectivity index (χ0) is 18.3. The lowest BCUT2D eigenvalue weighted by molar-refractivity contribution is 0.174. The fourth-order valence-electron chi connectivity index (χ4n) is 2.53. The molecule has 5 aromatic rings. The first-order valence-electron chi connectivity index (χ1n) is 8.41. The summed E-state index contributed by atoms with van der Waals surface area (Å²) < 4.78 is 15.2. The van der Waals surface area contributed by atoms with E-state index >= 15 is 0 Å². The number of nitrogens with zero attached hydrogens (tertiary/aromatic N) is 2. The standard InChI is InChI=1S/C7H6N2.C7H5NO.C7H6O2/c1-2-4-7-6(3-1)5-8-9-7;2*1-2-4-7-6(3-1)8-5-9-7/h1-5H,(H,8,9);1-5H;1-4H,5H2. The smallest absolute Gasteiger partial charge is 0.231 e. The van der Waals surface area contributed by atoms with E-state index < -0.39 is 0 Å². The Kier molecular flexibility index (Phi) is 4.97. The summed E-state index contributed by atoms with van der Waals surface area (Å²) in [6, 6.07) is 23.3. The third-order valence-corrected chi connectivity index (χ3v) is 3.86. The quantitative estimate of drug-likeness (QED) is 0.430. The van der Waals surface area contributed by atoms with Crippen molar-refractivity contribution >= 4 is 22.0 Å². The molecule has 1 aliphatic rings. The summed E-state index contributed by atoms with van der Waals surface area (Å²) in [5.41, 5.74) is 2.85. The van der Waals surface area contributed by atoms with Crippen molar-refractivity contribution in [2.75, 3.05) is 6.79 Å². The maximum Gasteiger partial charge on any atom is 0.231 e. The van der Waals surface area contributed by atoms with Crippen LogP contribution < -0.4 is 9.47 Å². The molecule has 1 N–H and O–H groups in total. The molecular weight excluding hydrogens is 342 g/mol. The van der Waals surface area contributed by atoms with Gasteiger partial charge < -0.3 is 13.9 Å². The molecule has 1 aliphatic heterocycles. The van der Waals surface area contributed by atoms with Crippen LogP contribution in [0.4, 0.5) is 0 Å². The molecule has 0 unspecified atom stereocenters. The molecule has 27 heavy (non-hydrogen) atoms. The summed E-state index contributed by atoms with van der Waals surface area (Å²) in [4.78, 5) is 3.95. The Labute approximate surface area is 155 Å². The minimum atomic E-state index is 0.360. The number of fused-ring (bicyclic) bond motifs is 3. The Balaban J connectivity index is 0.0000001000. The molecule has 0 aliphatic carbocycles. The van der Waals surface area contributed by atoms with Crippen LogP contribution in [0.1, 0.15) is 0 Å². The zero-order valence-corrected chi connectivity index (χ0v) is 14.4. The molecule has 0 saturated carbocycles. The minimum absolute atomic E-state index is 0.360. The van der Waals surface area contributed by atoms with Gasteiger partial charge in [0.1, 0.15) is 5.52 Å². The number of aromatic amines is 1. The van der Waals surface area contributed by atoms with Crippen LogP contribution in [0.2, 0.25) is 0 Å². The third-order valence-electron chi connectivity index (χ3n) is 3.86. The molecule has 0 saturated heterocycles. The van der Waals surface area contributed by atoms with Crippen molar-refractivity contribution in [3.63, 3.8) is 0 Å². The van der Waals surface area contributed by atoms with Gasteiger partial charge in [0.25, 0.3) is 0 Å². The van der Waals surface area contributed by atoms with Gasteiger partial charge in [0, 0.05) is 5.39 Å². The van der Waals surface area contributed by atoms with Gasteiger partial charge in [-0.3, -0.25) is 5.10 Å². The van der Waals surface area contributed by atoms with E-state index in [1.54, 1.807) is 0 Å². The lowest BCUT2D eigenvalue weighted by Crippen LogP contribution is -1.92. The largest absolute Gasteiger partial charge is 0.454 e. The molecule has 134 valence electrons. The van der Waals surface area contributed by atoms with Gasteiger partial charge in [-0.25, -0.2) is 4.98 Å². The third kappa shape index (κ3) is 4.07. The van der Waals surface area contributed by atoms with Crippen LogP contribution in [0.15, 0.2) is 89.8 Å². The minimum Gasteiger partial charge on any atom is -0.454 e. The number of H-pyrrole nitrogens is 1. The highest BCUT2D eigenvalue weighted by atomic mass is 16.7. The average molecular weight is 359 g/mol. The van der Waals surface area contributed by atoms with Gasteiger partial charge in [-0.1, -0.05) is 42.5 Å². The van der Waals surface area contributed by atoms with E-state index in [0.29, 0.717) is 6.79 Å². The number of ether oxygens (including phenoxy) is 2. The number of nitrogens with one attached hydrogen (secondary N) is 1. The number of aromatic nitrogens is 3. The van der Waals surface area contributed by atoms with Crippen molar-refractivity contribution in [2.24, 2.45) is 0 Å². The second-order valence-corrected chi connectivity index (χ2v) is 5.63. The maximum absolute atomic E-state index is 5.08. The number of para-hydroxylation sites is 5. The number of hydrogen-bond donors (Lipinski definition) is 1. The predicted molar refractivity (Wildman–Crippen MR) is 103 cm³/mol. The van der Waals surface area contributed by atoms with E-state index in [9.17, 15) is 0 Å². The van der Waals surface area contributed by atoms with E-state index in [1.807, 2.05) is 79.0 Å². The average Bonchev–Trinajstić information content (AvgIpc) is 3.48. The number of rotatable bonds is 0. The number of hydrogen-bond acceptors (Lipinski definition) is 5. The first-order valence-corrected chi connectivity index (χ1v) is 8.41. The molecular formula is C21H17N3O3. The lowest BCUT2D eigenvalue weighted by Gasteiger charge is -1.89. The lowest BCUT2D eigenvalue weighted by atomic mass is 10.3. The molecule has 3 aromatic carbocycles. The predicted octanol–water partition coefficient (Wildman–Crippen LogP) is 4.81. The van der Waals surface area contributed by atoms with Crippen LogP contribution in [-0.4, -0.2) is 22.0 Å². The molecule has 0 radical (unpaired) electrons. The van der Waals surface area contributed by atoms with Crippen LogP contribution in [0.25, 0.3) is 22.0 Å². The van der Waals surface area contributed by atoms with Crippen molar-refractivity contribution in [3.05, 3.63) is 85.4 Å². The molecule has 0 spiro atoms. The van der Waals surface area contributed by atoms with Crippen LogP contribution in [0.3, 0.4) is 0 Å². The molecule has 2 aromatic heterocycles. The van der Waals surface area contributed by atoms with Gasteiger partial charge in [-0.05, 0) is 30.3 Å². The van der Waals surface area contributed by atoms with Crippen molar-refractivity contribution < 1.29 is 13.9 Å². The van der Waals surface area contributed by atoms with Crippen molar-refractivity contribution in [1.82, 2.24) is 15.2 Å². The molecule has 0 amide bonds. The van der Waals surface area contributed by atoms with E-state index in [0.717, 1.165) is 33.5 Å². The monoisotopic (exact) mass is 359 g/mol. The van der Waals surface area contributed by atoms with Crippen molar-refractivity contribution in [3.8, 4) is 11.5 Å². The highest BCUT2D eigenvalue weighted by Gasteiger charge is 2.09. The Morgan fingerprint density at radius 3 is 2.26 bits per heavy atom. The molecule has 6 heteroatoms. The Bertz CT molecular complexity index is 984. The summed E-state index contributed by atoms with van der Waals surface area (Å²) in [7, 11) is 0. The van der Waals surface area contributed by atoms with E-state index in [2.05, 4.69) is 15.2 Å². The molecule has 0 bridgehead atoms. The fourth-order valence-corrected chi connectivity index (χ4v) is 2.53. The first-order chi connectivity index (χ1) is 13.4. The van der Waals surface area contributed by atoms with Gasteiger partial charge in [-0.2, -0.15) is 5.10 Å². The van der Waals surface area contributed by atoms with Gasteiger partial charge in [0.2, 0.25) is 6.79 Å². The highest BCUT2D eigenvalue weighted by Crippen LogP contribution is 2.30. The SMILES string of the molecule is c1ccc2[nH]ncc2c1.c1ccc2c(c1)OCO2.c1ccc2ocnc2c1. The summed E-state index contributed by atoms with van der Waals surface area (Å²) >= 11 is 0. The Morgan fingerprint density at radius 2 is 1.48 bits per heavy atom. The summed E-state index contributed by atoms with van der Waals surface area (Å²) in [6.07, 6.45) is 3.26. The molecule has 3 heterocycles. The summed E-state index contributed by atoms with van der Waals surface area (Å²) in [5.74, 6) is 1.69. The summed E-state index contributed by atoms with van der Waals surface area (Å²) in [6.45, 7) is 0.360. The van der Waals surface area contributed by atoms with Gasteiger partial charge in [-0.15, -0.1) is 0 Å². The van der Waals surface area contributed by atoms with Crippen LogP contribution in [0.5, 0.6) is 11.5 Å². The first kappa shape index (κ1) is 16.7. The van der Waals surface area contributed by atoms with E-state index in [1.165, 1.54) is 6.39 Å². The van der Waals surface area contributed by atoms with Gasteiger partial charge >= 0.3 is 0 Å². The van der Waals surface area contributed by atoms with Crippen LogP contribution >= 0.6 is 0 Å². The molecule has 0 atom stereocenters. The van der Waals surface area contributed by atoms with Crippen molar-refractivity contribution in [2.45, 2.75) is 0 Å². The highest BCUT2D eigenvalue weighted by molar-refractivity contribution is 5.77. The topological polar surface area (TPSA) is 73.2 Å². The van der Waals surface area contributed by atoms with E-state index in [-0.39, 0.29) is 0 Å². The Morgan fingerprint density at radius 1 is 0.778 bits per heavy atom. The normalized spacial score (nSPS) is 11.4. The van der Waals surface area contributed by atoms with Crippen molar-refractivity contribution in [1.29, 1.82) is 0 Å². The molecule has 6 nitrogen and oxygen atoms in total. The second-order valence-electron chi connectivity index (χ2n) is 5.63. The Hall–Kier alpha value is -3.80.